The average Bonchev–Trinajstić information content (AvgIpc) is 3.72. The van der Waals surface area contributed by atoms with Crippen LogP contribution in [0, 0.1) is 5.82 Å². The van der Waals surface area contributed by atoms with Gasteiger partial charge in [-0.05, 0) is 91.3 Å². The summed E-state index contributed by atoms with van der Waals surface area (Å²) in [4.78, 5) is 40.2. The SMILES string of the molecule is COc1cc(/C=C/C(=O)N2CCC=CC2=O)cc(OC)c1OCCOCCOCCN1CCN(Cc2ccc(-c3cn(C4CCC(O)CC4)c4nc(Nc5cc(F)cc(Cl)c5)ncc34)cc2)CC1. The zero-order valence-electron chi connectivity index (χ0n) is 38.6. The minimum atomic E-state index is -0.444. The Balaban J connectivity index is 0.748. The predicted octanol–water partition coefficient (Wildman–Crippen LogP) is 7.69. The van der Waals surface area contributed by atoms with Gasteiger partial charge in [0.1, 0.15) is 18.1 Å². The number of halogens is 2. The second kappa shape index (κ2) is 23.4. The fourth-order valence-corrected chi connectivity index (χ4v) is 9.05. The molecule has 1 aliphatic carbocycles. The van der Waals surface area contributed by atoms with Crippen LogP contribution in [0.4, 0.5) is 16.0 Å². The zero-order valence-corrected chi connectivity index (χ0v) is 39.3. The van der Waals surface area contributed by atoms with Crippen LogP contribution in [0.25, 0.3) is 28.2 Å². The molecule has 8 rings (SSSR count). The van der Waals surface area contributed by atoms with Crippen LogP contribution in [0.15, 0.2) is 85.2 Å². The van der Waals surface area contributed by atoms with Crippen LogP contribution >= 0.6 is 11.6 Å². The predicted molar refractivity (Wildman–Crippen MR) is 259 cm³/mol. The van der Waals surface area contributed by atoms with Crippen molar-refractivity contribution in [2.75, 3.05) is 91.8 Å². The van der Waals surface area contributed by atoms with Crippen molar-refractivity contribution in [3.8, 4) is 28.4 Å². The molecule has 2 fully saturated rings. The van der Waals surface area contributed by atoms with Gasteiger partial charge >= 0.3 is 0 Å². The van der Waals surface area contributed by atoms with Gasteiger partial charge in [0.25, 0.3) is 11.8 Å². The van der Waals surface area contributed by atoms with Crippen molar-refractivity contribution in [2.45, 2.75) is 50.8 Å². The number of piperazine rings is 1. The maximum atomic E-state index is 14.1. The first-order chi connectivity index (χ1) is 33.1. The Morgan fingerprint density at radius 3 is 2.31 bits per heavy atom. The number of aliphatic hydroxyl groups is 1. The highest BCUT2D eigenvalue weighted by Crippen LogP contribution is 2.40. The number of fused-ring (bicyclic) bond motifs is 1. The second-order valence-corrected chi connectivity index (χ2v) is 17.6. The van der Waals surface area contributed by atoms with Gasteiger partial charge in [-0.15, -0.1) is 0 Å². The fraction of sp³-hybridized carbons (Fsp3) is 0.412. The van der Waals surface area contributed by atoms with Crippen LogP contribution in [-0.4, -0.2) is 139 Å². The maximum Gasteiger partial charge on any atom is 0.253 e. The van der Waals surface area contributed by atoms with E-state index in [2.05, 4.69) is 55.1 Å². The first-order valence-electron chi connectivity index (χ1n) is 23.2. The Labute approximate surface area is 401 Å². The number of amides is 2. The van der Waals surface area contributed by atoms with E-state index in [9.17, 15) is 19.1 Å². The number of benzene rings is 3. The number of nitrogens with zero attached hydrogens (tertiary/aromatic N) is 6. The van der Waals surface area contributed by atoms with E-state index in [1.54, 1.807) is 30.4 Å². The molecule has 0 unspecified atom stereocenters. The normalized spacial score (nSPS) is 18.1. The van der Waals surface area contributed by atoms with Gasteiger partial charge in [0.05, 0.1) is 46.8 Å². The number of hydrogen-bond acceptors (Lipinski definition) is 13. The molecule has 0 radical (unpaired) electrons. The summed E-state index contributed by atoms with van der Waals surface area (Å²) in [5.74, 6) is 0.520. The number of ether oxygens (including phenoxy) is 5. The number of aliphatic hydroxyl groups excluding tert-OH is 1. The molecule has 2 aliphatic heterocycles. The number of anilines is 2. The van der Waals surface area contributed by atoms with Gasteiger partial charge in [-0.2, -0.15) is 4.98 Å². The number of carbonyl (C=O) groups is 2. The van der Waals surface area contributed by atoms with Crippen LogP contribution in [0.1, 0.15) is 49.3 Å². The number of rotatable bonds is 20. The summed E-state index contributed by atoms with van der Waals surface area (Å²) < 4.78 is 45.0. The highest BCUT2D eigenvalue weighted by atomic mass is 35.5. The molecule has 2 amide bonds. The summed E-state index contributed by atoms with van der Waals surface area (Å²) >= 11 is 6.10. The summed E-state index contributed by atoms with van der Waals surface area (Å²) in [6.07, 6.45) is 13.7. The van der Waals surface area contributed by atoms with E-state index >= 15 is 0 Å². The lowest BCUT2D eigenvalue weighted by atomic mass is 9.93. The summed E-state index contributed by atoms with van der Waals surface area (Å²) in [5.41, 5.74) is 5.29. The van der Waals surface area contributed by atoms with E-state index in [0.717, 1.165) is 87.1 Å². The van der Waals surface area contributed by atoms with E-state index in [1.807, 2.05) is 6.20 Å². The Kier molecular flexibility index (Phi) is 16.7. The molecule has 3 aromatic carbocycles. The van der Waals surface area contributed by atoms with Gasteiger partial charge in [0.15, 0.2) is 11.5 Å². The lowest BCUT2D eigenvalue weighted by molar-refractivity contribution is -0.139. The highest BCUT2D eigenvalue weighted by molar-refractivity contribution is 6.30. The standard InChI is InChI=1S/C51H59ClFN7O8/c1-64-45-27-36(8-15-48(63)59-16-4-3-5-47(59)62)28-46(65-2)49(45)68-26-25-67-24-23-66-22-21-57-17-19-58(20-18-57)33-35-6-9-37(10-7-35)44-34-60(41-11-13-42(61)14-12-41)50-43(44)32-54-51(56-50)55-40-30-38(52)29-39(53)31-40/h3,5-10,15,27-32,34,41-42,61H,4,11-14,16-26,33H2,1-2H3,(H,54,55,56)/b15-8+. The summed E-state index contributed by atoms with van der Waals surface area (Å²) in [5, 5.41) is 14.6. The van der Waals surface area contributed by atoms with Crippen molar-refractivity contribution < 1.29 is 42.8 Å². The lowest BCUT2D eigenvalue weighted by Crippen LogP contribution is -2.46. The summed E-state index contributed by atoms with van der Waals surface area (Å²) in [7, 11) is 3.06. The van der Waals surface area contributed by atoms with Crippen molar-refractivity contribution in [3.05, 3.63) is 107 Å². The third-order valence-electron chi connectivity index (χ3n) is 12.5. The highest BCUT2D eigenvalue weighted by Gasteiger charge is 2.25. The Bertz CT molecular complexity index is 2530. The fourth-order valence-electron chi connectivity index (χ4n) is 8.83. The number of aromatic nitrogens is 3. The van der Waals surface area contributed by atoms with Crippen LogP contribution in [0.5, 0.6) is 17.2 Å². The van der Waals surface area contributed by atoms with E-state index in [-0.39, 0.29) is 35.6 Å². The largest absolute Gasteiger partial charge is 0.493 e. The van der Waals surface area contributed by atoms with Crippen molar-refractivity contribution in [2.24, 2.45) is 0 Å². The number of hydrogen-bond donors (Lipinski definition) is 2. The van der Waals surface area contributed by atoms with Gasteiger partial charge in [0.2, 0.25) is 11.7 Å². The number of imide groups is 1. The van der Waals surface area contributed by atoms with Gasteiger partial charge in [0, 0.05) is 92.0 Å². The Morgan fingerprint density at radius 1 is 0.897 bits per heavy atom. The molecule has 5 aromatic rings. The van der Waals surface area contributed by atoms with Crippen LogP contribution < -0.4 is 19.5 Å². The molecule has 3 aliphatic rings. The van der Waals surface area contributed by atoms with Crippen LogP contribution in [-0.2, 0) is 25.6 Å². The summed E-state index contributed by atoms with van der Waals surface area (Å²) in [6, 6.07) is 16.7. The monoisotopic (exact) mass is 951 g/mol. The zero-order chi connectivity index (χ0) is 47.4. The van der Waals surface area contributed by atoms with Gasteiger partial charge < -0.3 is 38.7 Å². The topological polar surface area (TPSA) is 153 Å². The third kappa shape index (κ3) is 12.6. The minimum absolute atomic E-state index is 0.194. The number of methoxy groups -OCH3 is 2. The molecule has 0 spiro atoms. The molecular formula is C51H59ClFN7O8. The molecule has 17 heteroatoms. The second-order valence-electron chi connectivity index (χ2n) is 17.1. The Hall–Kier alpha value is -5.88. The molecule has 4 heterocycles. The average molecular weight is 953 g/mol. The first-order valence-corrected chi connectivity index (χ1v) is 23.6. The molecule has 0 atom stereocenters. The van der Waals surface area contributed by atoms with E-state index in [1.165, 1.54) is 49.0 Å². The molecule has 68 heavy (non-hydrogen) atoms. The van der Waals surface area contributed by atoms with Gasteiger partial charge in [-0.3, -0.25) is 24.3 Å². The van der Waals surface area contributed by atoms with E-state index in [4.69, 9.17) is 40.3 Å². The number of carbonyl (C=O) groups excluding carboxylic acids is 2. The molecule has 1 saturated carbocycles. The van der Waals surface area contributed by atoms with Gasteiger partial charge in [-0.25, -0.2) is 9.37 Å². The molecule has 1 saturated heterocycles. The third-order valence-corrected chi connectivity index (χ3v) is 12.7. The molecular weight excluding hydrogens is 893 g/mol. The quantitative estimate of drug-likeness (QED) is 0.0580. The first kappa shape index (κ1) is 48.6. The van der Waals surface area contributed by atoms with E-state index < -0.39 is 5.82 Å². The van der Waals surface area contributed by atoms with Crippen molar-refractivity contribution in [1.29, 1.82) is 0 Å². The Morgan fingerprint density at radius 2 is 1.60 bits per heavy atom. The molecule has 360 valence electrons. The van der Waals surface area contributed by atoms with Gasteiger partial charge in [-0.1, -0.05) is 41.9 Å². The summed E-state index contributed by atoms with van der Waals surface area (Å²) in [6.45, 7) is 8.10. The molecule has 15 nitrogen and oxygen atoms in total. The van der Waals surface area contributed by atoms with E-state index in [0.29, 0.717) is 73.8 Å². The van der Waals surface area contributed by atoms with Crippen molar-refractivity contribution in [1.82, 2.24) is 29.2 Å². The molecule has 2 N–H and O–H groups in total. The molecule has 0 bridgehead atoms. The van der Waals surface area contributed by atoms with Crippen LogP contribution in [0.3, 0.4) is 0 Å². The maximum absolute atomic E-state index is 14.1. The smallest absolute Gasteiger partial charge is 0.253 e. The van der Waals surface area contributed by atoms with Crippen molar-refractivity contribution in [3.63, 3.8) is 0 Å². The number of nitrogens with one attached hydrogen (secondary N) is 1. The van der Waals surface area contributed by atoms with Crippen molar-refractivity contribution >= 4 is 52.2 Å². The minimum Gasteiger partial charge on any atom is -0.493 e. The lowest BCUT2D eigenvalue weighted by Gasteiger charge is -2.34. The molecule has 2 aromatic heterocycles. The van der Waals surface area contributed by atoms with Crippen LogP contribution in [0.2, 0.25) is 5.02 Å².